The van der Waals surface area contributed by atoms with Gasteiger partial charge < -0.3 is 5.32 Å². The van der Waals surface area contributed by atoms with Crippen LogP contribution in [0.2, 0.25) is 0 Å². The van der Waals surface area contributed by atoms with E-state index in [-0.39, 0.29) is 5.91 Å². The molecule has 0 atom stereocenters. The van der Waals surface area contributed by atoms with Crippen molar-refractivity contribution in [1.29, 1.82) is 0 Å². The zero-order valence-electron chi connectivity index (χ0n) is 13.7. The van der Waals surface area contributed by atoms with Crippen molar-refractivity contribution in [3.8, 4) is 0 Å². The summed E-state index contributed by atoms with van der Waals surface area (Å²) in [6.45, 7) is 5.36. The zero-order chi connectivity index (χ0) is 17.3. The summed E-state index contributed by atoms with van der Waals surface area (Å²) < 4.78 is 5.98. The quantitative estimate of drug-likeness (QED) is 0.722. The number of hydrogen-bond donors (Lipinski definition) is 1. The summed E-state index contributed by atoms with van der Waals surface area (Å²) in [5.41, 5.74) is 2.93. The van der Waals surface area contributed by atoms with E-state index in [0.29, 0.717) is 22.4 Å². The van der Waals surface area contributed by atoms with E-state index in [1.165, 1.54) is 0 Å². The predicted molar refractivity (Wildman–Crippen MR) is 92.8 cm³/mol. The Morgan fingerprint density at radius 1 is 1.25 bits per heavy atom. The van der Waals surface area contributed by atoms with Crippen LogP contribution < -0.4 is 5.32 Å². The third-order valence-corrected chi connectivity index (χ3v) is 4.67. The lowest BCUT2D eigenvalue weighted by molar-refractivity contribution is 0.102. The number of nitrogens with one attached hydrogen (secondary N) is 1. The summed E-state index contributed by atoms with van der Waals surface area (Å²) in [6.07, 6.45) is 7.20. The van der Waals surface area contributed by atoms with E-state index in [1.807, 2.05) is 30.9 Å². The molecule has 3 rings (SSSR count). The van der Waals surface area contributed by atoms with Gasteiger partial charge in [-0.2, -0.15) is 15.3 Å². The van der Waals surface area contributed by atoms with E-state index in [1.54, 1.807) is 28.8 Å². The van der Waals surface area contributed by atoms with E-state index in [4.69, 9.17) is 0 Å². The maximum atomic E-state index is 12.3. The number of nitrogens with zero attached hydrogens (tertiary/aromatic N) is 6. The number of aromatic nitrogens is 6. The molecule has 0 radical (unpaired) electrons. The van der Waals surface area contributed by atoms with Crippen LogP contribution in [0.3, 0.4) is 0 Å². The minimum absolute atomic E-state index is 0.274. The Hall–Kier alpha value is -2.42. The molecule has 1 N–H and O–H groups in total. The number of carbonyl (C=O) groups is 1. The molecule has 0 aliphatic heterocycles. The first-order valence-corrected chi connectivity index (χ1v) is 8.31. The molecule has 9 heteroatoms. The Kier molecular flexibility index (Phi) is 4.52. The van der Waals surface area contributed by atoms with Crippen molar-refractivity contribution in [2.24, 2.45) is 7.05 Å². The highest BCUT2D eigenvalue weighted by Gasteiger charge is 2.18. The van der Waals surface area contributed by atoms with E-state index >= 15 is 0 Å². The normalized spacial score (nSPS) is 11.0. The van der Waals surface area contributed by atoms with Gasteiger partial charge in [-0.1, -0.05) is 0 Å². The van der Waals surface area contributed by atoms with Crippen LogP contribution in [0.4, 0.5) is 5.69 Å². The van der Waals surface area contributed by atoms with Crippen LogP contribution in [0.15, 0.2) is 29.3 Å². The molecule has 3 heterocycles. The van der Waals surface area contributed by atoms with Gasteiger partial charge in [-0.25, -0.2) is 0 Å². The Bertz CT molecular complexity index is 876. The molecule has 3 aromatic heterocycles. The topological polar surface area (TPSA) is 82.6 Å². The van der Waals surface area contributed by atoms with E-state index in [9.17, 15) is 4.79 Å². The third kappa shape index (κ3) is 3.25. The van der Waals surface area contributed by atoms with Crippen LogP contribution >= 0.6 is 15.9 Å². The zero-order valence-corrected chi connectivity index (χ0v) is 15.3. The lowest BCUT2D eigenvalue weighted by Gasteiger charge is -2.00. The Morgan fingerprint density at radius 3 is 2.62 bits per heavy atom. The van der Waals surface area contributed by atoms with Gasteiger partial charge in [0, 0.05) is 31.5 Å². The third-order valence-electron chi connectivity index (χ3n) is 3.72. The molecule has 0 aliphatic carbocycles. The second-order valence-corrected chi connectivity index (χ2v) is 6.25. The van der Waals surface area contributed by atoms with E-state index < -0.39 is 0 Å². The van der Waals surface area contributed by atoms with E-state index in [0.717, 1.165) is 17.8 Å². The summed E-state index contributed by atoms with van der Waals surface area (Å²) in [5, 5.41) is 15.5. The Balaban J connectivity index is 1.69. The fourth-order valence-electron chi connectivity index (χ4n) is 2.28. The van der Waals surface area contributed by atoms with Crippen LogP contribution in [-0.2, 0) is 20.1 Å². The van der Waals surface area contributed by atoms with Gasteiger partial charge in [0.15, 0.2) is 5.69 Å². The molecule has 0 saturated carbocycles. The first-order valence-electron chi connectivity index (χ1n) is 7.52. The molecule has 3 aromatic rings. The van der Waals surface area contributed by atoms with Crippen LogP contribution in [0.5, 0.6) is 0 Å². The molecule has 1 amide bonds. The molecule has 0 saturated heterocycles. The number of halogens is 1. The largest absolute Gasteiger partial charge is 0.318 e. The summed E-state index contributed by atoms with van der Waals surface area (Å²) in [7, 11) is 1.80. The average molecular weight is 392 g/mol. The molecule has 24 heavy (non-hydrogen) atoms. The molecular formula is C15H18BrN7O. The first-order chi connectivity index (χ1) is 11.5. The van der Waals surface area contributed by atoms with Crippen molar-refractivity contribution >= 4 is 27.5 Å². The van der Waals surface area contributed by atoms with Crippen LogP contribution in [0.25, 0.3) is 0 Å². The summed E-state index contributed by atoms with van der Waals surface area (Å²) in [5.74, 6) is -0.274. The molecule has 8 nitrogen and oxygen atoms in total. The summed E-state index contributed by atoms with van der Waals surface area (Å²) >= 11 is 3.40. The number of rotatable bonds is 5. The van der Waals surface area contributed by atoms with Crippen molar-refractivity contribution in [3.63, 3.8) is 0 Å². The number of aryl methyl sites for hydroxylation is 2. The van der Waals surface area contributed by atoms with Crippen molar-refractivity contribution < 1.29 is 4.79 Å². The number of carbonyl (C=O) groups excluding carboxylic acids is 1. The maximum absolute atomic E-state index is 12.3. The summed E-state index contributed by atoms with van der Waals surface area (Å²) in [6, 6.07) is 0. The fraction of sp³-hybridized carbons (Fsp3) is 0.333. The average Bonchev–Trinajstić information content (AvgIpc) is 3.25. The number of anilines is 1. The van der Waals surface area contributed by atoms with Gasteiger partial charge in [-0.05, 0) is 29.8 Å². The minimum Gasteiger partial charge on any atom is -0.318 e. The molecule has 126 valence electrons. The monoisotopic (exact) mass is 391 g/mol. The van der Waals surface area contributed by atoms with Gasteiger partial charge >= 0.3 is 0 Å². The van der Waals surface area contributed by atoms with Gasteiger partial charge in [-0.3, -0.25) is 18.8 Å². The van der Waals surface area contributed by atoms with Gasteiger partial charge in [0.2, 0.25) is 0 Å². The second kappa shape index (κ2) is 6.60. The fourth-order valence-corrected chi connectivity index (χ4v) is 2.80. The predicted octanol–water partition coefficient (Wildman–Crippen LogP) is 2.20. The molecule has 0 aliphatic rings. The molecule has 0 aromatic carbocycles. The Labute approximate surface area is 147 Å². The van der Waals surface area contributed by atoms with Crippen molar-refractivity contribution in [2.45, 2.75) is 26.9 Å². The standard InChI is InChI=1S/C15H18BrN7O/c1-4-22-7-11(5-17-22)8-23-9-12(6-18-23)19-15(24)14-13(16)10(2)21(3)20-14/h5-7,9H,4,8H2,1-3H3,(H,19,24). The van der Waals surface area contributed by atoms with Crippen molar-refractivity contribution in [2.75, 3.05) is 5.32 Å². The lowest BCUT2D eigenvalue weighted by atomic mass is 10.3. The van der Waals surface area contributed by atoms with Crippen LogP contribution in [-0.4, -0.2) is 35.2 Å². The number of hydrogen-bond acceptors (Lipinski definition) is 4. The van der Waals surface area contributed by atoms with Gasteiger partial charge in [0.1, 0.15) is 0 Å². The minimum atomic E-state index is -0.274. The van der Waals surface area contributed by atoms with Gasteiger partial charge in [0.05, 0.1) is 34.8 Å². The molecule has 0 fully saturated rings. The van der Waals surface area contributed by atoms with Crippen molar-refractivity contribution in [1.82, 2.24) is 29.3 Å². The second-order valence-electron chi connectivity index (χ2n) is 5.46. The Morgan fingerprint density at radius 2 is 2.00 bits per heavy atom. The molecule has 0 unspecified atom stereocenters. The highest BCUT2D eigenvalue weighted by Crippen LogP contribution is 2.21. The molecular weight excluding hydrogens is 374 g/mol. The van der Waals surface area contributed by atoms with Crippen molar-refractivity contribution in [3.05, 3.63) is 46.2 Å². The van der Waals surface area contributed by atoms with Crippen LogP contribution in [0, 0.1) is 6.92 Å². The van der Waals surface area contributed by atoms with Crippen LogP contribution in [0.1, 0.15) is 28.7 Å². The SMILES string of the molecule is CCn1cc(Cn2cc(NC(=O)c3nn(C)c(C)c3Br)cn2)cn1. The molecule has 0 bridgehead atoms. The maximum Gasteiger partial charge on any atom is 0.277 e. The van der Waals surface area contributed by atoms with Gasteiger partial charge in [0.25, 0.3) is 5.91 Å². The first kappa shape index (κ1) is 16.4. The highest BCUT2D eigenvalue weighted by atomic mass is 79.9. The van der Waals surface area contributed by atoms with E-state index in [2.05, 4.69) is 36.5 Å². The smallest absolute Gasteiger partial charge is 0.277 e. The molecule has 0 spiro atoms. The summed E-state index contributed by atoms with van der Waals surface area (Å²) in [4.78, 5) is 12.3. The number of amides is 1. The van der Waals surface area contributed by atoms with Gasteiger partial charge in [-0.15, -0.1) is 0 Å². The highest BCUT2D eigenvalue weighted by molar-refractivity contribution is 9.10. The lowest BCUT2D eigenvalue weighted by Crippen LogP contribution is -2.13.